The fourth-order valence-corrected chi connectivity index (χ4v) is 4.61. The Kier molecular flexibility index (Phi) is 5.99. The van der Waals surface area contributed by atoms with Crippen molar-refractivity contribution in [1.29, 1.82) is 0 Å². The second-order valence-electron chi connectivity index (χ2n) is 9.78. The maximum absolute atomic E-state index is 12.7. The van der Waals surface area contributed by atoms with Gasteiger partial charge in [-0.1, -0.05) is 48.5 Å². The fourth-order valence-electron chi connectivity index (χ4n) is 4.61. The van der Waals surface area contributed by atoms with Gasteiger partial charge in [-0.25, -0.2) is 4.79 Å². The molecule has 1 N–H and O–H groups in total. The summed E-state index contributed by atoms with van der Waals surface area (Å²) in [6.45, 7) is 6.36. The Morgan fingerprint density at radius 3 is 2.06 bits per heavy atom. The van der Waals surface area contributed by atoms with Crippen LogP contribution in [0.3, 0.4) is 0 Å². The molecule has 6 heteroatoms. The molecular formula is C26H31NO5. The van der Waals surface area contributed by atoms with Crippen molar-refractivity contribution < 1.29 is 24.2 Å². The molecule has 1 amide bonds. The van der Waals surface area contributed by atoms with E-state index >= 15 is 0 Å². The summed E-state index contributed by atoms with van der Waals surface area (Å²) in [6, 6.07) is 16.5. The van der Waals surface area contributed by atoms with Crippen molar-refractivity contribution in [3.8, 4) is 11.1 Å². The maximum Gasteiger partial charge on any atom is 0.409 e. The second-order valence-corrected chi connectivity index (χ2v) is 9.78. The van der Waals surface area contributed by atoms with Gasteiger partial charge >= 0.3 is 12.1 Å². The van der Waals surface area contributed by atoms with Gasteiger partial charge in [0, 0.05) is 19.0 Å². The van der Waals surface area contributed by atoms with Gasteiger partial charge < -0.3 is 19.5 Å². The Labute approximate surface area is 189 Å². The van der Waals surface area contributed by atoms with Crippen LogP contribution in [0.1, 0.15) is 57.1 Å². The third-order valence-corrected chi connectivity index (χ3v) is 6.18. The summed E-state index contributed by atoms with van der Waals surface area (Å²) < 4.78 is 11.0. The number of rotatable bonds is 4. The number of esters is 1. The van der Waals surface area contributed by atoms with E-state index in [4.69, 9.17) is 9.47 Å². The molecule has 170 valence electrons. The number of fused-ring (bicyclic) bond motifs is 3. The number of hydrogen-bond donors (Lipinski definition) is 1. The van der Waals surface area contributed by atoms with E-state index in [1.807, 2.05) is 24.3 Å². The molecule has 0 radical (unpaired) electrons. The van der Waals surface area contributed by atoms with E-state index in [1.165, 1.54) is 22.3 Å². The number of carbonyl (C=O) groups is 2. The molecule has 1 aliphatic carbocycles. The molecule has 2 aliphatic rings. The van der Waals surface area contributed by atoms with E-state index in [2.05, 4.69) is 24.3 Å². The normalized spacial score (nSPS) is 17.4. The van der Waals surface area contributed by atoms with Crippen molar-refractivity contribution in [2.75, 3.05) is 19.7 Å². The Morgan fingerprint density at radius 1 is 1.00 bits per heavy atom. The molecule has 2 aromatic rings. The topological polar surface area (TPSA) is 76.1 Å². The van der Waals surface area contributed by atoms with Crippen LogP contribution in [-0.2, 0) is 14.3 Å². The Balaban J connectivity index is 1.33. The van der Waals surface area contributed by atoms with Gasteiger partial charge in [0.25, 0.3) is 0 Å². The van der Waals surface area contributed by atoms with Crippen LogP contribution < -0.4 is 0 Å². The standard InChI is InChI=1S/C26H31NO5/c1-25(2,3)32-23(28)16-26(30)12-14-27(15-13-26)24(29)31-17-22-20-10-6-4-8-18(20)19-9-5-7-11-21(19)22/h4-11,22,30H,12-17H2,1-3H3. The van der Waals surface area contributed by atoms with Gasteiger partial charge in [0.1, 0.15) is 12.2 Å². The van der Waals surface area contributed by atoms with Crippen LogP contribution in [0.4, 0.5) is 4.79 Å². The summed E-state index contributed by atoms with van der Waals surface area (Å²) in [6.07, 6.45) is 0.182. The third kappa shape index (κ3) is 4.80. The zero-order valence-corrected chi connectivity index (χ0v) is 19.0. The quantitative estimate of drug-likeness (QED) is 0.713. The zero-order chi connectivity index (χ0) is 22.9. The van der Waals surface area contributed by atoms with Gasteiger partial charge in [-0.2, -0.15) is 0 Å². The molecule has 4 rings (SSSR count). The molecule has 0 spiro atoms. The SMILES string of the molecule is CC(C)(C)OC(=O)CC1(O)CCN(C(=O)OCC2c3ccccc3-c3ccccc32)CC1. The molecule has 0 aromatic heterocycles. The summed E-state index contributed by atoms with van der Waals surface area (Å²) in [5, 5.41) is 10.8. The number of piperidine rings is 1. The second kappa shape index (κ2) is 8.58. The van der Waals surface area contributed by atoms with E-state index < -0.39 is 17.2 Å². The summed E-state index contributed by atoms with van der Waals surface area (Å²) >= 11 is 0. The van der Waals surface area contributed by atoms with Gasteiger partial charge in [0.05, 0.1) is 12.0 Å². The molecule has 1 aliphatic heterocycles. The van der Waals surface area contributed by atoms with Gasteiger partial charge in [0.2, 0.25) is 0 Å². The lowest BCUT2D eigenvalue weighted by Crippen LogP contribution is -2.48. The van der Waals surface area contributed by atoms with Gasteiger partial charge in [0.15, 0.2) is 0 Å². The Morgan fingerprint density at radius 2 is 1.53 bits per heavy atom. The van der Waals surface area contributed by atoms with Crippen LogP contribution in [0.2, 0.25) is 0 Å². The Bertz CT molecular complexity index is 956. The highest BCUT2D eigenvalue weighted by atomic mass is 16.6. The number of hydrogen-bond acceptors (Lipinski definition) is 5. The van der Waals surface area contributed by atoms with Gasteiger partial charge in [-0.05, 0) is 55.9 Å². The van der Waals surface area contributed by atoms with Crippen molar-refractivity contribution in [1.82, 2.24) is 4.90 Å². The molecule has 0 saturated carbocycles. The monoisotopic (exact) mass is 437 g/mol. The van der Waals surface area contributed by atoms with E-state index in [0.29, 0.717) is 25.9 Å². The highest BCUT2D eigenvalue weighted by molar-refractivity contribution is 5.79. The van der Waals surface area contributed by atoms with Gasteiger partial charge in [-0.15, -0.1) is 0 Å². The molecule has 1 saturated heterocycles. The number of aliphatic hydroxyl groups is 1. The predicted octanol–water partition coefficient (Wildman–Crippen LogP) is 4.49. The lowest BCUT2D eigenvalue weighted by atomic mass is 9.88. The summed E-state index contributed by atoms with van der Waals surface area (Å²) in [5.74, 6) is -0.408. The molecule has 0 atom stereocenters. The van der Waals surface area contributed by atoms with Crippen LogP contribution in [-0.4, -0.2) is 53.0 Å². The van der Waals surface area contributed by atoms with Crippen LogP contribution in [0.25, 0.3) is 11.1 Å². The van der Waals surface area contributed by atoms with E-state index in [0.717, 1.165) is 0 Å². The first-order valence-corrected chi connectivity index (χ1v) is 11.2. The van der Waals surface area contributed by atoms with Crippen LogP contribution in [0.15, 0.2) is 48.5 Å². The highest BCUT2D eigenvalue weighted by Crippen LogP contribution is 2.44. The number of benzene rings is 2. The third-order valence-electron chi connectivity index (χ3n) is 6.18. The molecule has 1 heterocycles. The summed E-state index contributed by atoms with van der Waals surface area (Å²) in [7, 11) is 0. The van der Waals surface area contributed by atoms with Crippen LogP contribution in [0.5, 0.6) is 0 Å². The summed E-state index contributed by atoms with van der Waals surface area (Å²) in [4.78, 5) is 26.4. The van der Waals surface area contributed by atoms with Gasteiger partial charge in [-0.3, -0.25) is 4.79 Å². The molecule has 6 nitrogen and oxygen atoms in total. The molecule has 0 bridgehead atoms. The zero-order valence-electron chi connectivity index (χ0n) is 19.0. The van der Waals surface area contributed by atoms with Crippen molar-refractivity contribution in [3.63, 3.8) is 0 Å². The number of nitrogens with zero attached hydrogens (tertiary/aromatic N) is 1. The maximum atomic E-state index is 12.7. The molecular weight excluding hydrogens is 406 g/mol. The average molecular weight is 438 g/mol. The van der Waals surface area contributed by atoms with E-state index in [-0.39, 0.29) is 25.0 Å². The smallest absolute Gasteiger partial charge is 0.409 e. The van der Waals surface area contributed by atoms with Crippen LogP contribution in [0, 0.1) is 0 Å². The first-order valence-electron chi connectivity index (χ1n) is 11.2. The lowest BCUT2D eigenvalue weighted by Gasteiger charge is -2.37. The number of carbonyl (C=O) groups excluding carboxylic acids is 2. The summed E-state index contributed by atoms with van der Waals surface area (Å²) in [5.41, 5.74) is 2.99. The molecule has 2 aromatic carbocycles. The van der Waals surface area contributed by atoms with E-state index in [9.17, 15) is 14.7 Å². The largest absolute Gasteiger partial charge is 0.460 e. The lowest BCUT2D eigenvalue weighted by molar-refractivity contribution is -0.161. The van der Waals surface area contributed by atoms with Crippen LogP contribution >= 0.6 is 0 Å². The van der Waals surface area contributed by atoms with Crippen molar-refractivity contribution in [2.45, 2.75) is 57.2 Å². The Hall–Kier alpha value is -2.86. The van der Waals surface area contributed by atoms with Crippen molar-refractivity contribution in [3.05, 3.63) is 59.7 Å². The predicted molar refractivity (Wildman–Crippen MR) is 121 cm³/mol. The fraction of sp³-hybridized carbons (Fsp3) is 0.462. The number of amides is 1. The number of ether oxygens (including phenoxy) is 2. The minimum absolute atomic E-state index is 0.0141. The molecule has 0 unspecified atom stereocenters. The minimum atomic E-state index is -1.15. The average Bonchev–Trinajstić information content (AvgIpc) is 3.04. The number of likely N-dealkylation sites (tertiary alicyclic amines) is 1. The molecule has 1 fully saturated rings. The van der Waals surface area contributed by atoms with E-state index in [1.54, 1.807) is 25.7 Å². The molecule has 32 heavy (non-hydrogen) atoms. The first kappa shape index (κ1) is 22.3. The minimum Gasteiger partial charge on any atom is -0.460 e. The highest BCUT2D eigenvalue weighted by Gasteiger charge is 2.38. The van der Waals surface area contributed by atoms with Crippen molar-refractivity contribution in [2.24, 2.45) is 0 Å². The first-order chi connectivity index (χ1) is 15.2. The van der Waals surface area contributed by atoms with Crippen molar-refractivity contribution >= 4 is 12.1 Å².